The van der Waals surface area contributed by atoms with Gasteiger partial charge in [0.2, 0.25) is 11.9 Å². The number of urea groups is 1. The molecular weight excluding hydrogens is 450 g/mol. The number of aryl methyl sites for hydroxylation is 1. The van der Waals surface area contributed by atoms with Crippen LogP contribution in [0, 0.1) is 6.92 Å². The second kappa shape index (κ2) is 9.45. The summed E-state index contributed by atoms with van der Waals surface area (Å²) in [5, 5.41) is 5.89. The third kappa shape index (κ3) is 4.93. The zero-order valence-corrected chi connectivity index (χ0v) is 20.0. The van der Waals surface area contributed by atoms with Gasteiger partial charge in [-0.05, 0) is 43.2 Å². The van der Waals surface area contributed by atoms with Crippen LogP contribution in [0.1, 0.15) is 23.9 Å². The molecule has 1 saturated heterocycles. The number of amides is 3. The Morgan fingerprint density at radius 3 is 2.51 bits per heavy atom. The van der Waals surface area contributed by atoms with Crippen molar-refractivity contribution in [1.29, 1.82) is 0 Å². The molecule has 1 aliphatic rings. The molecule has 0 spiro atoms. The van der Waals surface area contributed by atoms with Crippen LogP contribution in [-0.4, -0.2) is 51.5 Å². The lowest BCUT2D eigenvalue weighted by Gasteiger charge is -2.22. The summed E-state index contributed by atoms with van der Waals surface area (Å²) in [5.41, 5.74) is 7.32. The maximum Gasteiger partial charge on any atom is 0.325 e. The molecule has 3 amide bonds. The Morgan fingerprint density at radius 2 is 1.80 bits per heavy atom. The van der Waals surface area contributed by atoms with E-state index in [9.17, 15) is 9.59 Å². The van der Waals surface area contributed by atoms with Gasteiger partial charge in [-0.3, -0.25) is 9.69 Å². The van der Waals surface area contributed by atoms with Gasteiger partial charge in [-0.2, -0.15) is 15.0 Å². The van der Waals surface area contributed by atoms with E-state index in [2.05, 4.69) is 25.6 Å². The van der Waals surface area contributed by atoms with Crippen LogP contribution < -0.4 is 25.8 Å². The SMILES string of the molecule is COc1ccc(CC2(C)NC(=O)N(Cc3nc(N)nc(Nc4ccccc4C)n3)C2=O)cc1OC. The zero-order chi connectivity index (χ0) is 25.2. The maximum atomic E-state index is 13.3. The van der Waals surface area contributed by atoms with Gasteiger partial charge in [-0.15, -0.1) is 0 Å². The predicted octanol–water partition coefficient (Wildman–Crippen LogP) is 2.58. The molecule has 2 heterocycles. The van der Waals surface area contributed by atoms with E-state index in [1.54, 1.807) is 26.2 Å². The first-order chi connectivity index (χ1) is 16.7. The number of carbonyl (C=O) groups excluding carboxylic acids is 2. The van der Waals surface area contributed by atoms with Crippen molar-refractivity contribution in [3.63, 3.8) is 0 Å². The van der Waals surface area contributed by atoms with Gasteiger partial charge < -0.3 is 25.8 Å². The molecule has 2 aromatic carbocycles. The number of carbonyl (C=O) groups is 2. The van der Waals surface area contributed by atoms with Crippen molar-refractivity contribution in [3.8, 4) is 11.5 Å². The van der Waals surface area contributed by atoms with E-state index in [0.717, 1.165) is 21.7 Å². The third-order valence-corrected chi connectivity index (χ3v) is 5.74. The van der Waals surface area contributed by atoms with Gasteiger partial charge >= 0.3 is 6.03 Å². The Bertz CT molecular complexity index is 1280. The average Bonchev–Trinajstić information content (AvgIpc) is 3.02. The first-order valence-electron chi connectivity index (χ1n) is 10.9. The van der Waals surface area contributed by atoms with Gasteiger partial charge in [0.15, 0.2) is 17.3 Å². The molecule has 11 nitrogen and oxygen atoms in total. The summed E-state index contributed by atoms with van der Waals surface area (Å²) in [5.74, 6) is 1.11. The molecule has 1 aliphatic heterocycles. The molecule has 0 aliphatic carbocycles. The quantitative estimate of drug-likeness (QED) is 0.417. The normalized spacial score (nSPS) is 17.3. The molecule has 1 aromatic heterocycles. The third-order valence-electron chi connectivity index (χ3n) is 5.74. The van der Waals surface area contributed by atoms with Crippen molar-refractivity contribution < 1.29 is 19.1 Å². The minimum Gasteiger partial charge on any atom is -0.493 e. The largest absolute Gasteiger partial charge is 0.493 e. The summed E-state index contributed by atoms with van der Waals surface area (Å²) in [6, 6.07) is 12.5. The van der Waals surface area contributed by atoms with E-state index in [0.29, 0.717) is 11.5 Å². The standard InChI is InChI=1S/C24H27N7O4/c1-14-7-5-6-8-16(14)26-22-28-19(27-21(25)29-22)13-31-20(32)24(2,30-23(31)33)12-15-9-10-17(34-3)18(11-15)35-4/h5-11H,12-13H2,1-4H3,(H,30,33)(H3,25,26,27,28,29). The van der Waals surface area contributed by atoms with E-state index in [1.807, 2.05) is 37.3 Å². The number of para-hydroxylation sites is 1. The first-order valence-corrected chi connectivity index (χ1v) is 10.9. The van der Waals surface area contributed by atoms with Gasteiger partial charge in [-0.1, -0.05) is 24.3 Å². The molecule has 0 bridgehead atoms. The number of imide groups is 1. The number of aromatic nitrogens is 3. The molecule has 11 heteroatoms. The Labute approximate surface area is 202 Å². The van der Waals surface area contributed by atoms with E-state index in [1.165, 1.54) is 7.11 Å². The second-order valence-electron chi connectivity index (χ2n) is 8.39. The monoisotopic (exact) mass is 477 g/mol. The fourth-order valence-electron chi connectivity index (χ4n) is 3.95. The maximum absolute atomic E-state index is 13.3. The Kier molecular flexibility index (Phi) is 6.41. The van der Waals surface area contributed by atoms with Crippen LogP contribution in [0.2, 0.25) is 0 Å². The first kappa shape index (κ1) is 23.7. The lowest BCUT2D eigenvalue weighted by molar-refractivity contribution is -0.131. The van der Waals surface area contributed by atoms with Crippen LogP contribution >= 0.6 is 0 Å². The van der Waals surface area contributed by atoms with Gasteiger partial charge in [0.1, 0.15) is 5.54 Å². The molecule has 1 atom stereocenters. The Hall–Kier alpha value is -4.41. The lowest BCUT2D eigenvalue weighted by atomic mass is 9.92. The number of nitrogens with one attached hydrogen (secondary N) is 2. The van der Waals surface area contributed by atoms with Gasteiger partial charge in [-0.25, -0.2) is 4.79 Å². The van der Waals surface area contributed by atoms with Crippen LogP contribution in [0.4, 0.5) is 22.4 Å². The summed E-state index contributed by atoms with van der Waals surface area (Å²) < 4.78 is 10.6. The lowest BCUT2D eigenvalue weighted by Crippen LogP contribution is -2.46. The van der Waals surface area contributed by atoms with E-state index >= 15 is 0 Å². The molecule has 35 heavy (non-hydrogen) atoms. The number of benzene rings is 2. The minimum atomic E-state index is -1.16. The zero-order valence-electron chi connectivity index (χ0n) is 20.0. The van der Waals surface area contributed by atoms with Crippen LogP contribution in [-0.2, 0) is 17.8 Å². The molecule has 1 fully saturated rings. The Balaban J connectivity index is 1.53. The van der Waals surface area contributed by atoms with Crippen molar-refractivity contribution in [3.05, 3.63) is 59.4 Å². The van der Waals surface area contributed by atoms with Crippen LogP contribution in [0.15, 0.2) is 42.5 Å². The Morgan fingerprint density at radius 1 is 1.06 bits per heavy atom. The molecule has 0 saturated carbocycles. The summed E-state index contributed by atoms with van der Waals surface area (Å²) in [7, 11) is 3.09. The van der Waals surface area contributed by atoms with Crippen LogP contribution in [0.5, 0.6) is 11.5 Å². The number of nitrogen functional groups attached to an aromatic ring is 1. The summed E-state index contributed by atoms with van der Waals surface area (Å²) in [6.45, 7) is 3.47. The number of hydrogen-bond donors (Lipinski definition) is 3. The summed E-state index contributed by atoms with van der Waals surface area (Å²) >= 11 is 0. The van der Waals surface area contributed by atoms with E-state index in [-0.39, 0.29) is 30.7 Å². The van der Waals surface area contributed by atoms with Crippen molar-refractivity contribution in [1.82, 2.24) is 25.2 Å². The average molecular weight is 478 g/mol. The van der Waals surface area contributed by atoms with Crippen molar-refractivity contribution in [2.75, 3.05) is 25.3 Å². The summed E-state index contributed by atoms with van der Waals surface area (Å²) in [4.78, 5) is 39.7. The minimum absolute atomic E-state index is 0.0220. The second-order valence-corrected chi connectivity index (χ2v) is 8.39. The highest BCUT2D eigenvalue weighted by atomic mass is 16.5. The number of hydrogen-bond acceptors (Lipinski definition) is 9. The number of methoxy groups -OCH3 is 2. The highest BCUT2D eigenvalue weighted by Crippen LogP contribution is 2.31. The summed E-state index contributed by atoms with van der Waals surface area (Å²) in [6.07, 6.45) is 0.258. The van der Waals surface area contributed by atoms with E-state index < -0.39 is 17.5 Å². The highest BCUT2D eigenvalue weighted by molar-refractivity contribution is 6.06. The molecule has 4 N–H and O–H groups in total. The van der Waals surface area contributed by atoms with Crippen molar-refractivity contribution in [2.45, 2.75) is 32.4 Å². The van der Waals surface area contributed by atoms with Crippen molar-refractivity contribution >= 4 is 29.5 Å². The number of nitrogens with two attached hydrogens (primary N) is 1. The smallest absolute Gasteiger partial charge is 0.325 e. The van der Waals surface area contributed by atoms with Crippen LogP contribution in [0.3, 0.4) is 0 Å². The molecule has 3 aromatic rings. The topological polar surface area (TPSA) is 145 Å². The molecule has 182 valence electrons. The van der Waals surface area contributed by atoms with Gasteiger partial charge in [0.05, 0.1) is 20.8 Å². The number of anilines is 3. The fraction of sp³-hybridized carbons (Fsp3) is 0.292. The van der Waals surface area contributed by atoms with Crippen LogP contribution in [0.25, 0.3) is 0 Å². The highest BCUT2D eigenvalue weighted by Gasteiger charge is 2.48. The fourth-order valence-corrected chi connectivity index (χ4v) is 3.95. The molecule has 1 unspecified atom stereocenters. The number of ether oxygens (including phenoxy) is 2. The van der Waals surface area contributed by atoms with E-state index in [4.69, 9.17) is 15.2 Å². The number of rotatable bonds is 8. The van der Waals surface area contributed by atoms with Crippen molar-refractivity contribution in [2.24, 2.45) is 0 Å². The predicted molar refractivity (Wildman–Crippen MR) is 129 cm³/mol. The molecular formula is C24H27N7O4. The molecule has 4 rings (SSSR count). The molecule has 0 radical (unpaired) electrons. The van der Waals surface area contributed by atoms with Gasteiger partial charge in [0, 0.05) is 12.1 Å². The number of nitrogens with zero attached hydrogens (tertiary/aromatic N) is 4. The van der Waals surface area contributed by atoms with Gasteiger partial charge in [0.25, 0.3) is 5.91 Å².